The van der Waals surface area contributed by atoms with Crippen LogP contribution in [0.1, 0.15) is 29.7 Å². The van der Waals surface area contributed by atoms with Crippen molar-refractivity contribution in [1.29, 1.82) is 0 Å². The van der Waals surface area contributed by atoms with Gasteiger partial charge in [-0.2, -0.15) is 0 Å². The van der Waals surface area contributed by atoms with Crippen LogP contribution in [0.2, 0.25) is 0 Å². The highest BCUT2D eigenvalue weighted by Crippen LogP contribution is 2.47. The Morgan fingerprint density at radius 3 is 1.95 bits per heavy atom. The number of para-hydroxylation sites is 1. The first-order valence-corrected chi connectivity index (χ1v) is 13.6. The summed E-state index contributed by atoms with van der Waals surface area (Å²) in [6.45, 7) is 2.55. The summed E-state index contributed by atoms with van der Waals surface area (Å²) in [7, 11) is 3.20. The Morgan fingerprint density at radius 2 is 1.40 bits per heavy atom. The minimum atomic E-state index is -0.851. The number of methoxy groups -OCH3 is 2. The molecule has 0 bridgehead atoms. The van der Waals surface area contributed by atoms with Gasteiger partial charge in [0.25, 0.3) is 0 Å². The summed E-state index contributed by atoms with van der Waals surface area (Å²) < 4.78 is 45.6. The standard InChI is InChI=1S/C34H32FNO6/c1-4-36-19-25(20-37)33(42-28-8-6-5-7-9-28)29-18-30(40-21-23-10-14-26(38-2)15-11-23)34(31(35)32(29)36)41-22-24-12-16-27(39-3)17-13-24/h5-20,33H,4,21-22H2,1-3H3. The highest BCUT2D eigenvalue weighted by molar-refractivity contribution is 5.82. The van der Waals surface area contributed by atoms with Gasteiger partial charge >= 0.3 is 0 Å². The Morgan fingerprint density at radius 1 is 0.810 bits per heavy atom. The van der Waals surface area contributed by atoms with Gasteiger partial charge in [-0.25, -0.2) is 4.39 Å². The molecule has 5 rings (SSSR count). The van der Waals surface area contributed by atoms with Crippen LogP contribution >= 0.6 is 0 Å². The second-order valence-electron chi connectivity index (χ2n) is 9.57. The van der Waals surface area contributed by atoms with E-state index in [0.717, 1.165) is 23.2 Å². The molecule has 0 saturated carbocycles. The number of ether oxygens (including phenoxy) is 5. The molecule has 0 radical (unpaired) electrons. The number of halogens is 1. The van der Waals surface area contributed by atoms with E-state index < -0.39 is 11.9 Å². The van der Waals surface area contributed by atoms with Crippen LogP contribution in [-0.2, 0) is 18.0 Å². The van der Waals surface area contributed by atoms with Crippen LogP contribution in [0, 0.1) is 5.82 Å². The lowest BCUT2D eigenvalue weighted by atomic mass is 9.95. The van der Waals surface area contributed by atoms with Crippen LogP contribution in [-0.4, -0.2) is 27.1 Å². The number of carbonyl (C=O) groups is 1. The molecule has 0 N–H and O–H groups in total. The highest BCUT2D eigenvalue weighted by Gasteiger charge is 2.34. The fourth-order valence-corrected chi connectivity index (χ4v) is 4.71. The fraction of sp³-hybridized carbons (Fsp3) is 0.206. The number of rotatable bonds is 12. The van der Waals surface area contributed by atoms with Gasteiger partial charge in [-0.3, -0.25) is 4.79 Å². The summed E-state index contributed by atoms with van der Waals surface area (Å²) >= 11 is 0. The van der Waals surface area contributed by atoms with Crippen LogP contribution in [0.3, 0.4) is 0 Å². The van der Waals surface area contributed by atoms with Crippen LogP contribution in [0.4, 0.5) is 10.1 Å². The molecule has 4 aromatic carbocycles. The van der Waals surface area contributed by atoms with E-state index >= 15 is 4.39 Å². The average molecular weight is 570 g/mol. The Labute approximate surface area is 244 Å². The number of carbonyl (C=O) groups excluding carboxylic acids is 1. The zero-order valence-corrected chi connectivity index (χ0v) is 23.7. The van der Waals surface area contributed by atoms with Gasteiger partial charge in [0, 0.05) is 18.3 Å². The Hall–Kier alpha value is -4.98. The van der Waals surface area contributed by atoms with E-state index in [1.165, 1.54) is 0 Å². The summed E-state index contributed by atoms with van der Waals surface area (Å²) in [5.74, 6) is 1.54. The molecule has 42 heavy (non-hydrogen) atoms. The number of hydrogen-bond acceptors (Lipinski definition) is 7. The number of nitrogens with zero attached hydrogens (tertiary/aromatic N) is 1. The van der Waals surface area contributed by atoms with Gasteiger partial charge in [0.1, 0.15) is 30.5 Å². The molecule has 0 aliphatic carbocycles. The SMILES string of the molecule is CCN1C=C(C=O)C(Oc2ccccc2)c2cc(OCc3ccc(OC)cc3)c(OCc3ccc(OC)cc3)c(F)c21. The van der Waals surface area contributed by atoms with Crippen LogP contribution < -0.4 is 28.6 Å². The normalized spacial score (nSPS) is 14.0. The van der Waals surface area contributed by atoms with Gasteiger partial charge in [0.2, 0.25) is 0 Å². The predicted octanol–water partition coefficient (Wildman–Crippen LogP) is 7.04. The maximum Gasteiger partial charge on any atom is 0.199 e. The van der Waals surface area contributed by atoms with Crippen molar-refractivity contribution in [2.45, 2.75) is 26.2 Å². The first-order valence-electron chi connectivity index (χ1n) is 13.6. The maximum absolute atomic E-state index is 16.6. The van der Waals surface area contributed by atoms with Crippen LogP contribution in [0.25, 0.3) is 0 Å². The molecule has 4 aromatic rings. The Balaban J connectivity index is 1.56. The molecule has 0 amide bonds. The summed E-state index contributed by atoms with van der Waals surface area (Å²) in [6, 6.07) is 25.6. The Bertz CT molecular complexity index is 1540. The van der Waals surface area contributed by atoms with E-state index in [4.69, 9.17) is 23.7 Å². The van der Waals surface area contributed by atoms with Gasteiger partial charge < -0.3 is 28.6 Å². The van der Waals surface area contributed by atoms with Gasteiger partial charge in [-0.1, -0.05) is 42.5 Å². The van der Waals surface area contributed by atoms with E-state index in [1.54, 1.807) is 43.5 Å². The van der Waals surface area contributed by atoms with Gasteiger partial charge in [-0.15, -0.1) is 0 Å². The zero-order valence-electron chi connectivity index (χ0n) is 23.7. The number of hydrogen-bond donors (Lipinski definition) is 0. The summed E-state index contributed by atoms with van der Waals surface area (Å²) in [5, 5.41) is 0. The lowest BCUT2D eigenvalue weighted by molar-refractivity contribution is -0.105. The third kappa shape index (κ3) is 6.17. The van der Waals surface area contributed by atoms with Crippen molar-refractivity contribution in [3.63, 3.8) is 0 Å². The largest absolute Gasteiger partial charge is 0.497 e. The average Bonchev–Trinajstić information content (AvgIpc) is 3.04. The fourth-order valence-electron chi connectivity index (χ4n) is 4.71. The predicted molar refractivity (Wildman–Crippen MR) is 158 cm³/mol. The van der Waals surface area contributed by atoms with Crippen molar-refractivity contribution in [1.82, 2.24) is 0 Å². The molecule has 1 aliphatic heterocycles. The van der Waals surface area contributed by atoms with E-state index in [2.05, 4.69) is 0 Å². The molecular formula is C34H32FNO6. The number of benzene rings is 4. The molecule has 0 fully saturated rings. The Kier molecular flexibility index (Phi) is 8.92. The number of aldehydes is 1. The molecule has 1 unspecified atom stereocenters. The van der Waals surface area contributed by atoms with Crippen molar-refractivity contribution in [2.24, 2.45) is 0 Å². The van der Waals surface area contributed by atoms with Crippen molar-refractivity contribution < 1.29 is 32.9 Å². The maximum atomic E-state index is 16.6. The zero-order chi connectivity index (χ0) is 29.5. The monoisotopic (exact) mass is 569 g/mol. The van der Waals surface area contributed by atoms with Crippen LogP contribution in [0.5, 0.6) is 28.7 Å². The van der Waals surface area contributed by atoms with Crippen molar-refractivity contribution in [3.8, 4) is 28.7 Å². The molecule has 1 aliphatic rings. The second-order valence-corrected chi connectivity index (χ2v) is 9.57. The second kappa shape index (κ2) is 13.1. The quantitative estimate of drug-likeness (QED) is 0.170. The van der Waals surface area contributed by atoms with Gasteiger partial charge in [-0.05, 0) is 60.5 Å². The molecule has 1 atom stereocenters. The third-order valence-corrected chi connectivity index (χ3v) is 6.94. The van der Waals surface area contributed by atoms with Crippen LogP contribution in [0.15, 0.2) is 96.7 Å². The van der Waals surface area contributed by atoms with E-state index in [-0.39, 0.29) is 30.4 Å². The van der Waals surface area contributed by atoms with Crippen molar-refractivity contribution >= 4 is 12.0 Å². The third-order valence-electron chi connectivity index (χ3n) is 6.94. The molecule has 0 spiro atoms. The topological polar surface area (TPSA) is 66.5 Å². The minimum Gasteiger partial charge on any atom is -0.497 e. The first-order chi connectivity index (χ1) is 20.5. The van der Waals surface area contributed by atoms with Crippen molar-refractivity contribution in [3.05, 3.63) is 119 Å². The van der Waals surface area contributed by atoms with E-state index in [9.17, 15) is 4.79 Å². The number of anilines is 1. The minimum absolute atomic E-state index is 0.0297. The molecule has 216 valence electrons. The molecule has 0 aromatic heterocycles. The smallest absolute Gasteiger partial charge is 0.199 e. The highest BCUT2D eigenvalue weighted by atomic mass is 19.1. The molecular weight excluding hydrogens is 537 g/mol. The molecule has 0 saturated heterocycles. The van der Waals surface area contributed by atoms with Gasteiger partial charge in [0.15, 0.2) is 29.7 Å². The lowest BCUT2D eigenvalue weighted by Gasteiger charge is -2.34. The molecule has 7 nitrogen and oxygen atoms in total. The molecule has 8 heteroatoms. The first kappa shape index (κ1) is 28.5. The number of fused-ring (bicyclic) bond motifs is 1. The van der Waals surface area contributed by atoms with E-state index in [0.29, 0.717) is 29.2 Å². The van der Waals surface area contributed by atoms with Gasteiger partial charge in [0.05, 0.1) is 25.5 Å². The lowest BCUT2D eigenvalue weighted by Crippen LogP contribution is -2.28. The summed E-state index contributed by atoms with van der Waals surface area (Å²) in [6.07, 6.45) is 1.51. The summed E-state index contributed by atoms with van der Waals surface area (Å²) in [5.41, 5.74) is 2.78. The molecule has 1 heterocycles. The van der Waals surface area contributed by atoms with E-state index in [1.807, 2.05) is 73.7 Å². The summed E-state index contributed by atoms with van der Waals surface area (Å²) in [4.78, 5) is 13.9. The van der Waals surface area contributed by atoms with Crippen molar-refractivity contribution in [2.75, 3.05) is 25.7 Å².